The fraction of sp³-hybridized carbons (Fsp3) is 0.462. The van der Waals surface area contributed by atoms with Gasteiger partial charge in [0, 0.05) is 6.42 Å². The van der Waals surface area contributed by atoms with Crippen LogP contribution in [0.5, 0.6) is 0 Å². The Labute approximate surface area is 94.0 Å². The van der Waals surface area contributed by atoms with Gasteiger partial charge in [0.2, 0.25) is 0 Å². The summed E-state index contributed by atoms with van der Waals surface area (Å²) in [5, 5.41) is 7.72. The Kier molecular flexibility index (Phi) is 29.5. The zero-order valence-electron chi connectivity index (χ0n) is 10.5. The number of carboxylic acids is 1. The standard InChI is InChI=1S/C6H6.C3H6O2.2C2H6/c1-2-4-6-5-3-1;1-2-3(4)5;2*1-2/h1-6H;2H2,1H3,(H,4,5);2*1-2H3. The third kappa shape index (κ3) is 32.4. The number of hydrogen-bond donors (Lipinski definition) is 1. The molecule has 1 rings (SSSR count). The maximum atomic E-state index is 9.37. The number of rotatable bonds is 1. The van der Waals surface area contributed by atoms with E-state index in [-0.39, 0.29) is 6.42 Å². The van der Waals surface area contributed by atoms with E-state index in [1.54, 1.807) is 6.92 Å². The molecule has 0 saturated heterocycles. The zero-order chi connectivity index (χ0) is 12.5. The second-order valence-corrected chi connectivity index (χ2v) is 1.90. The fourth-order valence-electron chi connectivity index (χ4n) is 0.385. The van der Waals surface area contributed by atoms with E-state index in [0.29, 0.717) is 0 Å². The Hall–Kier alpha value is -1.31. The second kappa shape index (κ2) is 23.0. The summed E-state index contributed by atoms with van der Waals surface area (Å²) in [6.07, 6.45) is 0.222. The smallest absolute Gasteiger partial charge is 0.303 e. The molecule has 2 nitrogen and oxygen atoms in total. The highest BCUT2D eigenvalue weighted by Gasteiger charge is 1.80. The molecule has 1 aromatic rings. The van der Waals surface area contributed by atoms with Crippen LogP contribution in [-0.2, 0) is 4.79 Å². The number of hydrogen-bond acceptors (Lipinski definition) is 1. The molecular weight excluding hydrogens is 188 g/mol. The number of carboxylic acid groups (broad SMARTS) is 1. The Bertz CT molecular complexity index is 156. The van der Waals surface area contributed by atoms with E-state index in [9.17, 15) is 4.79 Å². The highest BCUT2D eigenvalue weighted by Crippen LogP contribution is 1.79. The van der Waals surface area contributed by atoms with Crippen LogP contribution in [0.1, 0.15) is 41.0 Å². The Morgan fingerprint density at radius 2 is 1.00 bits per heavy atom. The second-order valence-electron chi connectivity index (χ2n) is 1.90. The molecule has 0 unspecified atom stereocenters. The molecule has 0 aliphatic heterocycles. The first kappa shape index (κ1) is 19.3. The van der Waals surface area contributed by atoms with Gasteiger partial charge in [-0.2, -0.15) is 0 Å². The van der Waals surface area contributed by atoms with Gasteiger partial charge in [0.1, 0.15) is 0 Å². The van der Waals surface area contributed by atoms with Crippen LogP contribution < -0.4 is 0 Å². The molecule has 0 aromatic heterocycles. The molecular formula is C13H24O2. The van der Waals surface area contributed by atoms with Crippen LogP contribution in [0.25, 0.3) is 0 Å². The minimum atomic E-state index is -0.745. The minimum absolute atomic E-state index is 0.222. The van der Waals surface area contributed by atoms with Crippen molar-refractivity contribution in [2.24, 2.45) is 0 Å². The molecule has 0 spiro atoms. The summed E-state index contributed by atoms with van der Waals surface area (Å²) in [6, 6.07) is 12.0. The van der Waals surface area contributed by atoms with Gasteiger partial charge in [0.15, 0.2) is 0 Å². The van der Waals surface area contributed by atoms with Crippen LogP contribution in [0.15, 0.2) is 36.4 Å². The van der Waals surface area contributed by atoms with E-state index < -0.39 is 5.97 Å². The van der Waals surface area contributed by atoms with Crippen molar-refractivity contribution in [3.05, 3.63) is 36.4 Å². The lowest BCUT2D eigenvalue weighted by Crippen LogP contribution is -1.86. The van der Waals surface area contributed by atoms with Crippen molar-refractivity contribution in [1.82, 2.24) is 0 Å². The van der Waals surface area contributed by atoms with Gasteiger partial charge in [-0.25, -0.2) is 0 Å². The average Bonchev–Trinajstić information content (AvgIpc) is 2.37. The van der Waals surface area contributed by atoms with Crippen molar-refractivity contribution in [2.75, 3.05) is 0 Å². The SMILES string of the molecule is CC.CC.CCC(=O)O.c1ccccc1. The summed E-state index contributed by atoms with van der Waals surface area (Å²) < 4.78 is 0. The van der Waals surface area contributed by atoms with Gasteiger partial charge in [-0.1, -0.05) is 71.0 Å². The van der Waals surface area contributed by atoms with Crippen LogP contribution in [-0.4, -0.2) is 11.1 Å². The molecule has 0 fully saturated rings. The van der Waals surface area contributed by atoms with Crippen LogP contribution in [0, 0.1) is 0 Å². The van der Waals surface area contributed by atoms with E-state index in [1.807, 2.05) is 64.1 Å². The number of carbonyl (C=O) groups is 1. The van der Waals surface area contributed by atoms with Gasteiger partial charge >= 0.3 is 5.97 Å². The van der Waals surface area contributed by atoms with E-state index in [1.165, 1.54) is 0 Å². The van der Waals surface area contributed by atoms with E-state index >= 15 is 0 Å². The number of benzene rings is 1. The molecule has 1 aromatic carbocycles. The summed E-state index contributed by atoms with van der Waals surface area (Å²) in [5.41, 5.74) is 0. The third-order valence-electron chi connectivity index (χ3n) is 0.969. The van der Waals surface area contributed by atoms with Gasteiger partial charge in [0.05, 0.1) is 0 Å². The molecule has 0 saturated carbocycles. The first-order valence-electron chi connectivity index (χ1n) is 5.49. The van der Waals surface area contributed by atoms with Gasteiger partial charge in [-0.15, -0.1) is 0 Å². The molecule has 1 N–H and O–H groups in total. The molecule has 0 heterocycles. The molecule has 0 radical (unpaired) electrons. The van der Waals surface area contributed by atoms with Crippen molar-refractivity contribution in [3.8, 4) is 0 Å². The molecule has 0 amide bonds. The van der Waals surface area contributed by atoms with Crippen LogP contribution in [0.3, 0.4) is 0 Å². The lowest BCUT2D eigenvalue weighted by molar-refractivity contribution is -0.136. The summed E-state index contributed by atoms with van der Waals surface area (Å²) in [6.45, 7) is 9.60. The molecule has 2 heteroatoms. The van der Waals surface area contributed by atoms with Gasteiger partial charge in [-0.05, 0) is 0 Å². The average molecular weight is 212 g/mol. The largest absolute Gasteiger partial charge is 0.481 e. The maximum Gasteiger partial charge on any atom is 0.303 e. The van der Waals surface area contributed by atoms with Gasteiger partial charge in [-0.3, -0.25) is 4.79 Å². The lowest BCUT2D eigenvalue weighted by Gasteiger charge is -1.71. The maximum absolute atomic E-state index is 9.37. The molecule has 0 atom stereocenters. The molecule has 88 valence electrons. The molecule has 0 aliphatic carbocycles. The lowest BCUT2D eigenvalue weighted by atomic mass is 10.4. The quantitative estimate of drug-likeness (QED) is 0.756. The zero-order valence-corrected chi connectivity index (χ0v) is 10.5. The highest BCUT2D eigenvalue weighted by atomic mass is 16.4. The van der Waals surface area contributed by atoms with Gasteiger partial charge < -0.3 is 5.11 Å². The molecule has 0 aliphatic rings. The monoisotopic (exact) mass is 212 g/mol. The summed E-state index contributed by atoms with van der Waals surface area (Å²) in [5.74, 6) is -0.745. The Morgan fingerprint density at radius 1 is 0.867 bits per heavy atom. The van der Waals surface area contributed by atoms with Crippen molar-refractivity contribution < 1.29 is 9.90 Å². The predicted molar refractivity (Wildman–Crippen MR) is 67.1 cm³/mol. The first-order chi connectivity index (χ1) is 7.27. The summed E-state index contributed by atoms with van der Waals surface area (Å²) in [4.78, 5) is 9.37. The first-order valence-corrected chi connectivity index (χ1v) is 5.49. The van der Waals surface area contributed by atoms with E-state index in [2.05, 4.69) is 0 Å². The van der Waals surface area contributed by atoms with Crippen LogP contribution >= 0.6 is 0 Å². The van der Waals surface area contributed by atoms with Crippen LogP contribution in [0.2, 0.25) is 0 Å². The Morgan fingerprint density at radius 3 is 1.07 bits per heavy atom. The van der Waals surface area contributed by atoms with E-state index in [4.69, 9.17) is 5.11 Å². The normalized spacial score (nSPS) is 6.47. The topological polar surface area (TPSA) is 37.3 Å². The Balaban J connectivity index is -0.000000146. The molecule has 15 heavy (non-hydrogen) atoms. The van der Waals surface area contributed by atoms with Gasteiger partial charge in [0.25, 0.3) is 0 Å². The summed E-state index contributed by atoms with van der Waals surface area (Å²) >= 11 is 0. The highest BCUT2D eigenvalue weighted by molar-refractivity contribution is 5.66. The summed E-state index contributed by atoms with van der Waals surface area (Å²) in [7, 11) is 0. The van der Waals surface area contributed by atoms with Crippen molar-refractivity contribution in [1.29, 1.82) is 0 Å². The van der Waals surface area contributed by atoms with Crippen molar-refractivity contribution >= 4 is 5.97 Å². The van der Waals surface area contributed by atoms with Crippen LogP contribution in [0.4, 0.5) is 0 Å². The van der Waals surface area contributed by atoms with Crippen molar-refractivity contribution in [2.45, 2.75) is 41.0 Å². The third-order valence-corrected chi connectivity index (χ3v) is 0.969. The predicted octanol–water partition coefficient (Wildman–Crippen LogP) is 4.22. The van der Waals surface area contributed by atoms with E-state index in [0.717, 1.165) is 0 Å². The fourth-order valence-corrected chi connectivity index (χ4v) is 0.385. The van der Waals surface area contributed by atoms with Crippen molar-refractivity contribution in [3.63, 3.8) is 0 Å². The minimum Gasteiger partial charge on any atom is -0.481 e. The molecule has 0 bridgehead atoms. The number of aliphatic carboxylic acids is 1.